The van der Waals surface area contributed by atoms with Crippen LogP contribution in [-0.4, -0.2) is 13.2 Å². The first-order chi connectivity index (χ1) is 8.74. The highest BCUT2D eigenvalue weighted by atomic mass is 35.5. The fourth-order valence-electron chi connectivity index (χ4n) is 2.11. The molecule has 0 amide bonds. The average Bonchev–Trinajstić information content (AvgIpc) is 2.38. The smallest absolute Gasteiger partial charge is 0.129 e. The molecule has 2 nitrogen and oxygen atoms in total. The Bertz CT molecular complexity index is 427. The van der Waals surface area contributed by atoms with Crippen molar-refractivity contribution in [2.24, 2.45) is 0 Å². The second-order valence-electron chi connectivity index (χ2n) is 4.22. The molecule has 0 aliphatic carbocycles. The van der Waals surface area contributed by atoms with E-state index in [9.17, 15) is 4.39 Å². The third-order valence-electron chi connectivity index (χ3n) is 2.94. The quantitative estimate of drug-likeness (QED) is 0.897. The first-order valence-electron chi connectivity index (χ1n) is 6.24. The highest BCUT2D eigenvalue weighted by molar-refractivity contribution is 6.31. The van der Waals surface area contributed by atoms with Gasteiger partial charge in [0.05, 0.1) is 12.6 Å². The van der Waals surface area contributed by atoms with Gasteiger partial charge in [-0.1, -0.05) is 24.6 Å². The first-order valence-corrected chi connectivity index (χ1v) is 6.62. The number of hydrogen-bond acceptors (Lipinski definition) is 2. The van der Waals surface area contributed by atoms with Crippen LogP contribution in [0.3, 0.4) is 0 Å². The minimum atomic E-state index is -0.302. The molecule has 0 saturated carbocycles. The maximum absolute atomic E-state index is 14.0. The maximum atomic E-state index is 14.0. The number of ether oxygens (including phenoxy) is 1. The molecule has 4 heteroatoms. The summed E-state index contributed by atoms with van der Waals surface area (Å²) in [5, 5.41) is 3.66. The number of likely N-dealkylation sites (N-methyl/N-ethyl adjacent to an activating group) is 1. The predicted molar refractivity (Wildman–Crippen MR) is 71.1 cm³/mol. The molecule has 1 N–H and O–H groups in total. The molecule has 0 radical (unpaired) electrons. The molecule has 18 heavy (non-hydrogen) atoms. The molecule has 1 unspecified atom stereocenters. The monoisotopic (exact) mass is 269 g/mol. The normalized spacial score (nSPS) is 16.9. The summed E-state index contributed by atoms with van der Waals surface area (Å²) in [6.07, 6.45) is 3.98. The van der Waals surface area contributed by atoms with Gasteiger partial charge in [0, 0.05) is 10.6 Å². The molecule has 0 aromatic heterocycles. The SMILES string of the molecule is CCNC(C1=CCCCO1)c1c(F)cccc1Cl. The number of rotatable bonds is 4. The van der Waals surface area contributed by atoms with E-state index >= 15 is 0 Å². The van der Waals surface area contributed by atoms with Gasteiger partial charge in [-0.25, -0.2) is 4.39 Å². The van der Waals surface area contributed by atoms with Gasteiger partial charge in [-0.15, -0.1) is 0 Å². The largest absolute Gasteiger partial charge is 0.496 e. The lowest BCUT2D eigenvalue weighted by molar-refractivity contribution is 0.167. The molecule has 1 aliphatic heterocycles. The summed E-state index contributed by atoms with van der Waals surface area (Å²) in [6, 6.07) is 4.44. The maximum Gasteiger partial charge on any atom is 0.129 e. The number of nitrogens with one attached hydrogen (secondary N) is 1. The molecular formula is C14H17ClFNO. The van der Waals surface area contributed by atoms with Gasteiger partial charge in [0.15, 0.2) is 0 Å². The van der Waals surface area contributed by atoms with Crippen LogP contribution in [0.5, 0.6) is 0 Å². The Balaban J connectivity index is 2.37. The minimum Gasteiger partial charge on any atom is -0.496 e. The van der Waals surface area contributed by atoms with Crippen molar-refractivity contribution in [3.63, 3.8) is 0 Å². The minimum absolute atomic E-state index is 0.302. The van der Waals surface area contributed by atoms with Gasteiger partial charge >= 0.3 is 0 Å². The molecule has 1 aliphatic rings. The van der Waals surface area contributed by atoms with Crippen molar-refractivity contribution in [2.45, 2.75) is 25.8 Å². The standard InChI is InChI=1S/C14H17ClFNO/c1-2-17-14(12-8-3-4-9-18-12)13-10(15)6-5-7-11(13)16/h5-8,14,17H,2-4,9H2,1H3. The highest BCUT2D eigenvalue weighted by Crippen LogP contribution is 2.32. The van der Waals surface area contributed by atoms with Crippen molar-refractivity contribution in [1.82, 2.24) is 5.32 Å². The van der Waals surface area contributed by atoms with Crippen molar-refractivity contribution < 1.29 is 9.13 Å². The predicted octanol–water partition coefficient (Wildman–Crippen LogP) is 3.82. The molecule has 2 rings (SSSR count). The Labute approximate surface area is 112 Å². The van der Waals surface area contributed by atoms with Gasteiger partial charge in [-0.2, -0.15) is 0 Å². The summed E-state index contributed by atoms with van der Waals surface area (Å²) < 4.78 is 19.6. The fourth-order valence-corrected chi connectivity index (χ4v) is 2.39. The van der Waals surface area contributed by atoms with Crippen LogP contribution in [0.15, 0.2) is 30.0 Å². The molecule has 0 bridgehead atoms. The topological polar surface area (TPSA) is 21.3 Å². The summed E-state index contributed by atoms with van der Waals surface area (Å²) in [5.41, 5.74) is 0.467. The van der Waals surface area contributed by atoms with Crippen molar-refractivity contribution in [3.8, 4) is 0 Å². The molecule has 98 valence electrons. The van der Waals surface area contributed by atoms with Crippen LogP contribution in [0.2, 0.25) is 5.02 Å². The molecule has 1 aromatic carbocycles. The van der Waals surface area contributed by atoms with Gasteiger partial charge in [0.25, 0.3) is 0 Å². The van der Waals surface area contributed by atoms with E-state index in [1.807, 2.05) is 13.0 Å². The van der Waals surface area contributed by atoms with Gasteiger partial charge < -0.3 is 10.1 Å². The number of hydrogen-bond donors (Lipinski definition) is 1. The zero-order chi connectivity index (χ0) is 13.0. The fraction of sp³-hybridized carbons (Fsp3) is 0.429. The van der Waals surface area contributed by atoms with E-state index in [2.05, 4.69) is 5.32 Å². The van der Waals surface area contributed by atoms with E-state index in [1.54, 1.807) is 12.1 Å². The zero-order valence-corrected chi connectivity index (χ0v) is 11.1. The first kappa shape index (κ1) is 13.4. The Morgan fingerprint density at radius 2 is 2.33 bits per heavy atom. The molecule has 0 saturated heterocycles. The lowest BCUT2D eigenvalue weighted by atomic mass is 10.0. The summed E-state index contributed by atoms with van der Waals surface area (Å²) in [4.78, 5) is 0. The summed E-state index contributed by atoms with van der Waals surface area (Å²) >= 11 is 6.12. The van der Waals surface area contributed by atoms with Crippen LogP contribution < -0.4 is 5.32 Å². The van der Waals surface area contributed by atoms with Crippen LogP contribution in [0.4, 0.5) is 4.39 Å². The molecule has 0 fully saturated rings. The third-order valence-corrected chi connectivity index (χ3v) is 3.27. The van der Waals surface area contributed by atoms with Crippen LogP contribution in [0, 0.1) is 5.82 Å². The van der Waals surface area contributed by atoms with E-state index < -0.39 is 0 Å². The number of benzene rings is 1. The van der Waals surface area contributed by atoms with Crippen molar-refractivity contribution >= 4 is 11.6 Å². The van der Waals surface area contributed by atoms with E-state index in [-0.39, 0.29) is 11.9 Å². The van der Waals surface area contributed by atoms with Gasteiger partial charge in [0.2, 0.25) is 0 Å². The highest BCUT2D eigenvalue weighted by Gasteiger charge is 2.24. The van der Waals surface area contributed by atoms with E-state index in [0.717, 1.165) is 25.1 Å². The molecule has 1 heterocycles. The van der Waals surface area contributed by atoms with E-state index in [1.165, 1.54) is 6.07 Å². The second-order valence-corrected chi connectivity index (χ2v) is 4.63. The van der Waals surface area contributed by atoms with Crippen molar-refractivity contribution in [3.05, 3.63) is 46.4 Å². The third kappa shape index (κ3) is 2.85. The summed E-state index contributed by atoms with van der Waals surface area (Å²) in [6.45, 7) is 3.38. The van der Waals surface area contributed by atoms with Crippen molar-refractivity contribution in [1.29, 1.82) is 0 Å². The second kappa shape index (κ2) is 6.21. The van der Waals surface area contributed by atoms with Gasteiger partial charge in [-0.05, 0) is 37.6 Å². The van der Waals surface area contributed by atoms with Gasteiger partial charge in [0.1, 0.15) is 11.6 Å². The molecule has 0 spiro atoms. The Hall–Kier alpha value is -1.06. The van der Waals surface area contributed by atoms with E-state index in [4.69, 9.17) is 16.3 Å². The van der Waals surface area contributed by atoms with Crippen LogP contribution in [0.1, 0.15) is 31.4 Å². The molecule has 1 aromatic rings. The lowest BCUT2D eigenvalue weighted by Gasteiger charge is -2.25. The van der Waals surface area contributed by atoms with Gasteiger partial charge in [-0.3, -0.25) is 0 Å². The van der Waals surface area contributed by atoms with Crippen molar-refractivity contribution in [2.75, 3.05) is 13.2 Å². The summed E-state index contributed by atoms with van der Waals surface area (Å²) in [5.74, 6) is 0.471. The summed E-state index contributed by atoms with van der Waals surface area (Å²) in [7, 11) is 0. The van der Waals surface area contributed by atoms with Crippen LogP contribution in [-0.2, 0) is 4.74 Å². The zero-order valence-electron chi connectivity index (χ0n) is 10.4. The number of halogens is 2. The Kier molecular flexibility index (Phi) is 4.61. The molecule has 1 atom stereocenters. The Morgan fingerprint density at radius 1 is 1.50 bits per heavy atom. The van der Waals surface area contributed by atoms with Crippen LogP contribution >= 0.6 is 11.6 Å². The van der Waals surface area contributed by atoms with E-state index in [0.29, 0.717) is 17.2 Å². The lowest BCUT2D eigenvalue weighted by Crippen LogP contribution is -2.26. The molecular weight excluding hydrogens is 253 g/mol. The average molecular weight is 270 g/mol. The van der Waals surface area contributed by atoms with Crippen LogP contribution in [0.25, 0.3) is 0 Å². The number of allylic oxidation sites excluding steroid dienone is 1. The Morgan fingerprint density at radius 3 is 2.94 bits per heavy atom.